The van der Waals surface area contributed by atoms with Gasteiger partial charge in [-0.15, -0.1) is 5.10 Å². The number of halogens is 3. The van der Waals surface area contributed by atoms with E-state index in [0.717, 1.165) is 23.9 Å². The molecule has 0 aliphatic heterocycles. The van der Waals surface area contributed by atoms with Gasteiger partial charge in [-0.3, -0.25) is 14.9 Å². The van der Waals surface area contributed by atoms with Crippen molar-refractivity contribution in [3.05, 3.63) is 33.9 Å². The molecule has 0 fully saturated rings. The smallest absolute Gasteiger partial charge is 0.325 e. The van der Waals surface area contributed by atoms with E-state index < -0.39 is 39.2 Å². The highest BCUT2D eigenvalue weighted by molar-refractivity contribution is 8.00. The first-order valence-corrected chi connectivity index (χ1v) is 7.53. The van der Waals surface area contributed by atoms with Crippen molar-refractivity contribution in [1.82, 2.24) is 20.2 Å². The van der Waals surface area contributed by atoms with E-state index >= 15 is 0 Å². The molecule has 1 heterocycles. The Labute approximate surface area is 142 Å². The van der Waals surface area contributed by atoms with Crippen LogP contribution in [-0.2, 0) is 18.0 Å². The lowest BCUT2D eigenvalue weighted by molar-refractivity contribution is -0.385. The fourth-order valence-electron chi connectivity index (χ4n) is 1.76. The number of thioether (sulfide) groups is 1. The molecule has 0 unspecified atom stereocenters. The summed E-state index contributed by atoms with van der Waals surface area (Å²) in [6, 6.07) is 2.11. The van der Waals surface area contributed by atoms with Gasteiger partial charge in [-0.05, 0) is 23.4 Å². The van der Waals surface area contributed by atoms with Crippen LogP contribution in [0.4, 0.5) is 24.5 Å². The molecule has 0 aliphatic rings. The molecule has 0 saturated heterocycles. The van der Waals surface area contributed by atoms with Crippen LogP contribution in [0.15, 0.2) is 23.4 Å². The van der Waals surface area contributed by atoms with Crippen LogP contribution in [0.5, 0.6) is 0 Å². The number of hydrogen-bond acceptors (Lipinski definition) is 7. The van der Waals surface area contributed by atoms with Crippen LogP contribution in [0.3, 0.4) is 0 Å². The average Bonchev–Trinajstić information content (AvgIpc) is 2.91. The highest BCUT2D eigenvalue weighted by atomic mass is 32.2. The number of nitro benzene ring substituents is 1. The van der Waals surface area contributed by atoms with E-state index in [9.17, 15) is 28.1 Å². The molecule has 1 aromatic carbocycles. The van der Waals surface area contributed by atoms with Crippen molar-refractivity contribution in [3.8, 4) is 0 Å². The maximum atomic E-state index is 13.1. The first kappa shape index (κ1) is 18.6. The lowest BCUT2D eigenvalue weighted by atomic mass is 10.1. The van der Waals surface area contributed by atoms with Gasteiger partial charge in [0.1, 0.15) is 0 Å². The lowest BCUT2D eigenvalue weighted by Crippen LogP contribution is -2.24. The molecular formula is C12H11F3N6O3S. The number of nitrogens with zero attached hydrogens (tertiary/aromatic N) is 5. The zero-order valence-electron chi connectivity index (χ0n) is 12.8. The summed E-state index contributed by atoms with van der Waals surface area (Å²) in [7, 11) is 1.55. The Kier molecular flexibility index (Phi) is 5.25. The number of carbonyl (C=O) groups excluding carboxylic acids is 1. The van der Waals surface area contributed by atoms with Gasteiger partial charge in [-0.1, -0.05) is 11.8 Å². The van der Waals surface area contributed by atoms with Crippen molar-refractivity contribution in [2.75, 3.05) is 5.32 Å². The summed E-state index contributed by atoms with van der Waals surface area (Å²) in [4.78, 5) is 21.9. The van der Waals surface area contributed by atoms with Crippen LogP contribution in [0.2, 0.25) is 0 Å². The number of anilines is 1. The minimum absolute atomic E-state index is 0.308. The topological polar surface area (TPSA) is 116 Å². The number of tetrazole rings is 1. The predicted octanol–water partition coefficient (Wildman–Crippen LogP) is 2.26. The summed E-state index contributed by atoms with van der Waals surface area (Å²) in [5.74, 6) is -0.729. The number of hydrogen-bond donors (Lipinski definition) is 1. The second-order valence-corrected chi connectivity index (χ2v) is 6.13. The Morgan fingerprint density at radius 1 is 1.44 bits per heavy atom. The summed E-state index contributed by atoms with van der Waals surface area (Å²) < 4.78 is 40.6. The predicted molar refractivity (Wildman–Crippen MR) is 80.8 cm³/mol. The Morgan fingerprint density at radius 2 is 2.12 bits per heavy atom. The second-order valence-electron chi connectivity index (χ2n) is 4.82. The highest BCUT2D eigenvalue weighted by Crippen LogP contribution is 2.37. The minimum atomic E-state index is -4.86. The van der Waals surface area contributed by atoms with E-state index in [-0.39, 0.29) is 0 Å². The largest absolute Gasteiger partial charge is 0.418 e. The van der Waals surface area contributed by atoms with Crippen LogP contribution >= 0.6 is 11.8 Å². The van der Waals surface area contributed by atoms with Gasteiger partial charge in [-0.2, -0.15) is 13.2 Å². The van der Waals surface area contributed by atoms with Crippen LogP contribution in [0.25, 0.3) is 0 Å². The van der Waals surface area contributed by atoms with Crippen molar-refractivity contribution in [2.24, 2.45) is 7.05 Å². The molecule has 13 heteroatoms. The summed E-state index contributed by atoms with van der Waals surface area (Å²) in [6.07, 6.45) is -4.86. The summed E-state index contributed by atoms with van der Waals surface area (Å²) in [6.45, 7) is 1.47. The molecule has 134 valence electrons. The third-order valence-electron chi connectivity index (χ3n) is 3.01. The van der Waals surface area contributed by atoms with Crippen LogP contribution in [0, 0.1) is 10.1 Å². The maximum Gasteiger partial charge on any atom is 0.418 e. The molecule has 1 aromatic heterocycles. The van der Waals surface area contributed by atoms with E-state index in [1.165, 1.54) is 11.6 Å². The van der Waals surface area contributed by atoms with Gasteiger partial charge < -0.3 is 5.32 Å². The van der Waals surface area contributed by atoms with Crippen LogP contribution < -0.4 is 5.32 Å². The third kappa shape index (κ3) is 4.43. The number of benzene rings is 1. The number of alkyl halides is 3. The van der Waals surface area contributed by atoms with Crippen molar-refractivity contribution in [2.45, 2.75) is 23.5 Å². The zero-order chi connectivity index (χ0) is 18.8. The van der Waals surface area contributed by atoms with Gasteiger partial charge in [0.2, 0.25) is 11.1 Å². The standard InChI is InChI=1S/C12H11F3N6O3S/c1-6(25-11-17-18-19-20(11)2)10(22)16-9-4-3-7(21(23)24)5-8(9)12(13,14)15/h3-6H,1-2H3,(H,16,22)/t6-/m1/s1. The van der Waals surface area contributed by atoms with Gasteiger partial charge >= 0.3 is 6.18 Å². The number of amides is 1. The number of non-ortho nitro benzene ring substituents is 1. The van der Waals surface area contributed by atoms with Crippen molar-refractivity contribution in [1.29, 1.82) is 0 Å². The molecule has 1 amide bonds. The summed E-state index contributed by atoms with van der Waals surface area (Å²) >= 11 is 0.951. The van der Waals surface area contributed by atoms with Gasteiger partial charge in [0.05, 0.1) is 21.4 Å². The SMILES string of the molecule is C[C@@H](Sc1nnnn1C)C(=O)Nc1ccc([N+](=O)[O-])cc1C(F)(F)F. The molecule has 2 rings (SSSR count). The normalized spacial score (nSPS) is 12.7. The number of nitrogens with one attached hydrogen (secondary N) is 1. The first-order valence-electron chi connectivity index (χ1n) is 6.65. The summed E-state index contributed by atoms with van der Waals surface area (Å²) in [5.41, 5.74) is -2.59. The van der Waals surface area contributed by atoms with Crippen molar-refractivity contribution in [3.63, 3.8) is 0 Å². The van der Waals surface area contributed by atoms with E-state index in [2.05, 4.69) is 20.8 Å². The minimum Gasteiger partial charge on any atom is -0.325 e. The van der Waals surface area contributed by atoms with Crippen LogP contribution in [0.1, 0.15) is 12.5 Å². The molecule has 0 spiro atoms. The number of rotatable bonds is 5. The molecule has 2 aromatic rings. The Balaban J connectivity index is 2.22. The molecule has 0 bridgehead atoms. The van der Waals surface area contributed by atoms with Gasteiger partial charge in [0, 0.05) is 19.2 Å². The number of aryl methyl sites for hydroxylation is 1. The fourth-order valence-corrected chi connectivity index (χ4v) is 2.51. The maximum absolute atomic E-state index is 13.1. The fraction of sp³-hybridized carbons (Fsp3) is 0.333. The monoisotopic (exact) mass is 376 g/mol. The molecule has 25 heavy (non-hydrogen) atoms. The highest BCUT2D eigenvalue weighted by Gasteiger charge is 2.36. The molecule has 0 aliphatic carbocycles. The van der Waals surface area contributed by atoms with Crippen molar-refractivity contribution >= 4 is 29.0 Å². The van der Waals surface area contributed by atoms with E-state index in [1.807, 2.05) is 0 Å². The van der Waals surface area contributed by atoms with E-state index in [0.29, 0.717) is 11.2 Å². The number of carbonyl (C=O) groups is 1. The first-order chi connectivity index (χ1) is 11.6. The van der Waals surface area contributed by atoms with Gasteiger partial charge in [0.25, 0.3) is 5.69 Å². The van der Waals surface area contributed by atoms with E-state index in [4.69, 9.17) is 0 Å². The van der Waals surface area contributed by atoms with Gasteiger partial charge in [0.15, 0.2) is 0 Å². The molecule has 0 saturated carbocycles. The zero-order valence-corrected chi connectivity index (χ0v) is 13.6. The van der Waals surface area contributed by atoms with Crippen LogP contribution in [-0.4, -0.2) is 36.3 Å². The van der Waals surface area contributed by atoms with Crippen molar-refractivity contribution < 1.29 is 22.9 Å². The van der Waals surface area contributed by atoms with Gasteiger partial charge in [-0.25, -0.2) is 4.68 Å². The molecule has 1 N–H and O–H groups in total. The number of aromatic nitrogens is 4. The quantitative estimate of drug-likeness (QED) is 0.483. The molecular weight excluding hydrogens is 365 g/mol. The Bertz CT molecular complexity index is 810. The summed E-state index contributed by atoms with van der Waals surface area (Å²) in [5, 5.41) is 22.9. The Morgan fingerprint density at radius 3 is 2.64 bits per heavy atom. The van der Waals surface area contributed by atoms with E-state index in [1.54, 1.807) is 7.05 Å². The molecule has 1 atom stereocenters. The number of nitro groups is 1. The Hall–Kier alpha value is -2.70. The molecule has 9 nitrogen and oxygen atoms in total. The lowest BCUT2D eigenvalue weighted by Gasteiger charge is -2.15. The average molecular weight is 376 g/mol. The third-order valence-corrected chi connectivity index (χ3v) is 4.13. The molecule has 0 radical (unpaired) electrons. The second kappa shape index (κ2) is 7.04.